The lowest BCUT2D eigenvalue weighted by molar-refractivity contribution is -0.0266. The zero-order chi connectivity index (χ0) is 54.1. The third kappa shape index (κ3) is 11.4. The molecule has 0 radical (unpaired) electrons. The van der Waals surface area contributed by atoms with Crippen LogP contribution in [-0.4, -0.2) is 123 Å². The van der Waals surface area contributed by atoms with Gasteiger partial charge in [0.25, 0.3) is 0 Å². The van der Waals surface area contributed by atoms with Crippen LogP contribution in [0.15, 0.2) is 139 Å². The molecule has 17 nitrogen and oxygen atoms in total. The number of fused-ring (bicyclic) bond motifs is 4. The highest BCUT2D eigenvalue weighted by Crippen LogP contribution is 2.42. The molecule has 3 aliphatic rings. The van der Waals surface area contributed by atoms with Gasteiger partial charge in [-0.3, -0.25) is 19.9 Å². The summed E-state index contributed by atoms with van der Waals surface area (Å²) in [5.74, 6) is 1.64. The van der Waals surface area contributed by atoms with Crippen LogP contribution in [0, 0.1) is 13.8 Å². The van der Waals surface area contributed by atoms with Gasteiger partial charge in [0.15, 0.2) is 11.3 Å². The molecule has 3 saturated heterocycles. The number of rotatable bonds is 8. The minimum Gasteiger partial charge on any atom is -0.489 e. The van der Waals surface area contributed by atoms with Crippen molar-refractivity contribution in [3.63, 3.8) is 0 Å². The Bertz CT molecular complexity index is 3700. The van der Waals surface area contributed by atoms with E-state index >= 15 is 0 Å². The van der Waals surface area contributed by atoms with Gasteiger partial charge in [-0.15, -0.1) is 5.23 Å². The highest BCUT2D eigenvalue weighted by Gasteiger charge is 2.50. The molecule has 11 heterocycles. The quantitative estimate of drug-likeness (QED) is 0.141. The highest BCUT2D eigenvalue weighted by atomic mass is 79.9. The zero-order valence-electron chi connectivity index (χ0n) is 45.3. The largest absolute Gasteiger partial charge is 0.489 e. The Labute approximate surface area is 462 Å². The Morgan fingerprint density at radius 1 is 0.526 bits per heavy atom. The summed E-state index contributed by atoms with van der Waals surface area (Å²) in [6.45, 7) is 16.4. The molecular weight excluding hydrogens is 1050 g/mol. The first kappa shape index (κ1) is 52.6. The van der Waals surface area contributed by atoms with Crippen LogP contribution in [0.5, 0.6) is 11.5 Å². The van der Waals surface area contributed by atoms with Crippen molar-refractivity contribution in [1.82, 2.24) is 58.9 Å². The number of piperidine rings is 2. The van der Waals surface area contributed by atoms with Crippen LogP contribution in [0.3, 0.4) is 0 Å². The molecule has 0 bridgehead atoms. The molecule has 18 heteroatoms. The number of hydrogen-bond donors (Lipinski definition) is 0. The number of ether oxygens (including phenoxy) is 2. The van der Waals surface area contributed by atoms with Gasteiger partial charge in [-0.25, -0.2) is 28.7 Å². The second kappa shape index (κ2) is 22.1. The second-order valence-corrected chi connectivity index (χ2v) is 22.2. The molecule has 0 unspecified atom stereocenters. The Kier molecular flexibility index (Phi) is 14.9. The van der Waals surface area contributed by atoms with Crippen LogP contribution >= 0.6 is 15.9 Å². The first-order valence-electron chi connectivity index (χ1n) is 26.5. The van der Waals surface area contributed by atoms with Crippen LogP contribution < -0.4 is 14.7 Å². The second-order valence-electron chi connectivity index (χ2n) is 21.4. The topological polar surface area (TPSA) is 159 Å². The summed E-state index contributed by atoms with van der Waals surface area (Å²) >= 11 is 3.43. The first-order valence-corrected chi connectivity index (χ1v) is 27.3. The van der Waals surface area contributed by atoms with Crippen molar-refractivity contribution < 1.29 is 19.1 Å². The molecule has 0 spiro atoms. The minimum absolute atomic E-state index is 0.262. The molecule has 0 amide bonds. The molecular formula is C60H64BrN13O4. The third-order valence-corrected chi connectivity index (χ3v) is 15.5. The van der Waals surface area contributed by atoms with Crippen molar-refractivity contribution in [3.05, 3.63) is 150 Å². The maximum atomic E-state index is 6.13. The molecule has 3 fully saturated rings. The standard InChI is InChI=1S/C27H26N6O.C17H18BrN5O.C16H20N2O2/c1-18-6-8-23-22(4-3-5-26(23)31-18)24-16-30-33-17-19(14-29-27(24)33)25-9-7-21(15-28-25)34-20-10-12-32(2)13-11-20;1-22-6-4-13(5-7-22)24-14-2-3-16(19-9-14)12-8-20-17-15(18)10-21-23(17)11-12;1-11-9-10-12-13(17-11)7-6-8-14(12)18-19-15(2,3)16(4,5)20-18/h3-9,14-17,20H,10-13H2,1-2H3;2-3,8-11,13H,4-7H2,1H3;6-10H,1-5H3. The molecule has 2 aromatic carbocycles. The molecule has 0 atom stereocenters. The minimum atomic E-state index is -0.396. The fourth-order valence-electron chi connectivity index (χ4n) is 9.65. The van der Waals surface area contributed by atoms with Crippen molar-refractivity contribution in [1.29, 1.82) is 0 Å². The van der Waals surface area contributed by atoms with E-state index in [2.05, 4.69) is 93.1 Å². The van der Waals surface area contributed by atoms with Gasteiger partial charge in [-0.05, 0) is 163 Å². The Morgan fingerprint density at radius 2 is 1.03 bits per heavy atom. The van der Waals surface area contributed by atoms with E-state index in [0.29, 0.717) is 0 Å². The predicted octanol–water partition coefficient (Wildman–Crippen LogP) is 11.6. The van der Waals surface area contributed by atoms with Crippen LogP contribution in [-0.2, 0) is 9.68 Å². The van der Waals surface area contributed by atoms with Gasteiger partial charge in [0.2, 0.25) is 0 Å². The van der Waals surface area contributed by atoms with Crippen molar-refractivity contribution in [2.75, 3.05) is 45.5 Å². The number of anilines is 1. The number of hydrogen-bond acceptors (Lipinski definition) is 15. The summed E-state index contributed by atoms with van der Waals surface area (Å²) in [5, 5.41) is 12.5. The fourth-order valence-corrected chi connectivity index (χ4v) is 10.0. The van der Waals surface area contributed by atoms with Crippen molar-refractivity contribution in [3.8, 4) is 45.1 Å². The van der Waals surface area contributed by atoms with Crippen LogP contribution in [0.2, 0.25) is 0 Å². The van der Waals surface area contributed by atoms with E-state index in [1.165, 1.54) is 5.23 Å². The van der Waals surface area contributed by atoms with E-state index in [0.717, 1.165) is 152 Å². The lowest BCUT2D eigenvalue weighted by atomic mass is 9.90. The van der Waals surface area contributed by atoms with E-state index in [-0.39, 0.29) is 12.2 Å². The highest BCUT2D eigenvalue weighted by molar-refractivity contribution is 9.10. The van der Waals surface area contributed by atoms with Gasteiger partial charge in [-0.1, -0.05) is 24.3 Å². The Morgan fingerprint density at radius 3 is 1.58 bits per heavy atom. The summed E-state index contributed by atoms with van der Waals surface area (Å²) in [6, 6.07) is 28.2. The van der Waals surface area contributed by atoms with E-state index < -0.39 is 11.2 Å². The van der Waals surface area contributed by atoms with E-state index in [1.807, 2.05) is 144 Å². The summed E-state index contributed by atoms with van der Waals surface area (Å²) in [4.78, 5) is 44.1. The molecule has 10 aromatic rings. The number of pyridine rings is 4. The lowest BCUT2D eigenvalue weighted by Crippen LogP contribution is -2.41. The number of halogens is 1. The van der Waals surface area contributed by atoms with E-state index in [1.54, 1.807) is 23.1 Å². The SMILES string of the molecule is CN1CCC(Oc2ccc(-c3cnc4c(Br)cnn4c3)nc2)CC1.Cc1ccc2c(-c3cnn4cc(-c5ccc(OC6CCN(C)CC6)cn5)cnc34)cccc2n1.Cc1ccc2c(N3OC(C)(C)C(C)(C)O3)cccc2n1. The number of benzene rings is 2. The summed E-state index contributed by atoms with van der Waals surface area (Å²) < 4.78 is 16.6. The van der Waals surface area contributed by atoms with Gasteiger partial charge in [0, 0.05) is 89.8 Å². The van der Waals surface area contributed by atoms with Crippen molar-refractivity contribution >= 4 is 54.7 Å². The normalized spacial score (nSPS) is 17.0. The first-order chi connectivity index (χ1) is 37.6. The van der Waals surface area contributed by atoms with Crippen molar-refractivity contribution in [2.24, 2.45) is 0 Å². The number of aryl methyl sites for hydroxylation is 2. The van der Waals surface area contributed by atoms with Crippen LogP contribution in [0.1, 0.15) is 64.8 Å². The maximum Gasteiger partial charge on any atom is 0.169 e. The van der Waals surface area contributed by atoms with Gasteiger partial charge in [0.05, 0.1) is 51.7 Å². The number of likely N-dealkylation sites (tertiary alicyclic amines) is 2. The third-order valence-electron chi connectivity index (χ3n) is 14.9. The average Bonchev–Trinajstić information content (AvgIpc) is 4.25. The molecule has 8 aromatic heterocycles. The molecule has 78 heavy (non-hydrogen) atoms. The number of aromatic nitrogens is 10. The Hall–Kier alpha value is -7.48. The molecule has 13 rings (SSSR count). The molecule has 0 saturated carbocycles. The Balaban J connectivity index is 0.000000129. The van der Waals surface area contributed by atoms with E-state index in [4.69, 9.17) is 24.1 Å². The van der Waals surface area contributed by atoms with Gasteiger partial charge in [-0.2, -0.15) is 10.2 Å². The van der Waals surface area contributed by atoms with Crippen LogP contribution in [0.25, 0.3) is 66.7 Å². The van der Waals surface area contributed by atoms with Crippen LogP contribution in [0.4, 0.5) is 5.69 Å². The molecule has 0 aliphatic carbocycles. The summed E-state index contributed by atoms with van der Waals surface area (Å²) in [5.41, 5.74) is 11.2. The summed E-state index contributed by atoms with van der Waals surface area (Å²) in [6.07, 6.45) is 19.5. The van der Waals surface area contributed by atoms with Gasteiger partial charge in [0.1, 0.15) is 40.6 Å². The monoisotopic (exact) mass is 1110 g/mol. The zero-order valence-corrected chi connectivity index (χ0v) is 46.9. The average molecular weight is 1110 g/mol. The smallest absolute Gasteiger partial charge is 0.169 e. The maximum absolute atomic E-state index is 6.13. The number of nitrogens with zero attached hydrogens (tertiary/aromatic N) is 13. The molecule has 0 N–H and O–H groups in total. The van der Waals surface area contributed by atoms with E-state index in [9.17, 15) is 0 Å². The summed E-state index contributed by atoms with van der Waals surface area (Å²) in [7, 11) is 4.30. The molecule has 400 valence electrons. The lowest BCUT2D eigenvalue weighted by Gasteiger charge is -2.29. The van der Waals surface area contributed by atoms with Gasteiger partial charge < -0.3 is 19.3 Å². The van der Waals surface area contributed by atoms with Gasteiger partial charge >= 0.3 is 0 Å². The fraction of sp³-hybridized carbons (Fsp3) is 0.333. The predicted molar refractivity (Wildman–Crippen MR) is 307 cm³/mol. The van der Waals surface area contributed by atoms with Crippen molar-refractivity contribution in [2.45, 2.75) is 90.6 Å². The molecule has 3 aliphatic heterocycles.